The molecule has 0 aromatic rings. The third-order valence-corrected chi connectivity index (χ3v) is 2.11. The fourth-order valence-corrected chi connectivity index (χ4v) is 1.62. The van der Waals surface area contributed by atoms with Crippen LogP contribution in [0.15, 0.2) is 22.2 Å². The van der Waals surface area contributed by atoms with Gasteiger partial charge in [0, 0.05) is 10.1 Å². The lowest BCUT2D eigenvalue weighted by Gasteiger charge is -2.00. The topological polar surface area (TPSA) is 0 Å². The van der Waals surface area contributed by atoms with Gasteiger partial charge in [-0.3, -0.25) is 0 Å². The third kappa shape index (κ3) is 2.36. The van der Waals surface area contributed by atoms with Crippen LogP contribution >= 0.6 is 23.2 Å². The Kier molecular flexibility index (Phi) is 2.82. The van der Waals surface area contributed by atoms with E-state index in [1.165, 1.54) is 0 Å². The molecule has 0 spiro atoms. The average molecular weight is 177 g/mol. The summed E-state index contributed by atoms with van der Waals surface area (Å²) in [7, 11) is 0. The van der Waals surface area contributed by atoms with E-state index >= 15 is 0 Å². The van der Waals surface area contributed by atoms with Crippen molar-refractivity contribution in [1.82, 2.24) is 0 Å². The fraction of sp³-hybridized carbons (Fsp3) is 0.500. The molecule has 1 aliphatic carbocycles. The summed E-state index contributed by atoms with van der Waals surface area (Å²) in [5.74, 6) is 0.556. The Morgan fingerprint density at radius 3 is 2.90 bits per heavy atom. The zero-order valence-corrected chi connectivity index (χ0v) is 7.41. The van der Waals surface area contributed by atoms with Crippen molar-refractivity contribution >= 4 is 23.2 Å². The predicted molar refractivity (Wildman–Crippen MR) is 46.3 cm³/mol. The highest BCUT2D eigenvalue weighted by Gasteiger charge is 2.05. The van der Waals surface area contributed by atoms with E-state index < -0.39 is 0 Å². The zero-order chi connectivity index (χ0) is 7.56. The number of rotatable bonds is 0. The van der Waals surface area contributed by atoms with Crippen LogP contribution in [0.2, 0.25) is 0 Å². The standard InChI is InChI=1S/C8H10Cl2/c1-6-2-3-7(9)5-8(10)4-6/h4-6H,2-3H2,1H3. The van der Waals surface area contributed by atoms with Crippen molar-refractivity contribution in [2.75, 3.05) is 0 Å². The molecule has 0 bridgehead atoms. The molecule has 0 saturated carbocycles. The lowest BCUT2D eigenvalue weighted by atomic mass is 10.1. The molecule has 0 N–H and O–H groups in total. The van der Waals surface area contributed by atoms with Gasteiger partial charge >= 0.3 is 0 Å². The van der Waals surface area contributed by atoms with Crippen molar-refractivity contribution in [2.24, 2.45) is 5.92 Å². The minimum Gasteiger partial charge on any atom is -0.0891 e. The molecule has 2 heteroatoms. The quantitative estimate of drug-likeness (QED) is 0.529. The second kappa shape index (κ2) is 3.45. The molecular weight excluding hydrogens is 167 g/mol. The van der Waals surface area contributed by atoms with Crippen LogP contribution < -0.4 is 0 Å². The lowest BCUT2D eigenvalue weighted by molar-refractivity contribution is 0.658. The summed E-state index contributed by atoms with van der Waals surface area (Å²) in [6.07, 6.45) is 5.92. The van der Waals surface area contributed by atoms with Gasteiger partial charge in [-0.25, -0.2) is 0 Å². The van der Waals surface area contributed by atoms with Gasteiger partial charge in [-0.1, -0.05) is 36.2 Å². The van der Waals surface area contributed by atoms with Crippen molar-refractivity contribution in [3.8, 4) is 0 Å². The molecule has 0 heterocycles. The molecule has 0 aromatic heterocycles. The highest BCUT2D eigenvalue weighted by Crippen LogP contribution is 2.24. The average Bonchev–Trinajstić information content (AvgIpc) is 1.93. The summed E-state index contributed by atoms with van der Waals surface area (Å²) < 4.78 is 0. The molecule has 0 radical (unpaired) electrons. The van der Waals surface area contributed by atoms with E-state index in [9.17, 15) is 0 Å². The molecule has 0 amide bonds. The molecule has 0 aliphatic heterocycles. The highest BCUT2D eigenvalue weighted by atomic mass is 35.5. The molecule has 0 aromatic carbocycles. The van der Waals surface area contributed by atoms with Crippen LogP contribution in [0.25, 0.3) is 0 Å². The molecular formula is C8H10Cl2. The molecule has 0 nitrogen and oxygen atoms in total. The number of hydrogen-bond donors (Lipinski definition) is 0. The van der Waals surface area contributed by atoms with Gasteiger partial charge in [-0.2, -0.15) is 0 Å². The van der Waals surface area contributed by atoms with Crippen molar-refractivity contribution in [2.45, 2.75) is 19.8 Å². The van der Waals surface area contributed by atoms with E-state index in [2.05, 4.69) is 6.92 Å². The van der Waals surface area contributed by atoms with Crippen LogP contribution in [0.1, 0.15) is 19.8 Å². The molecule has 1 atom stereocenters. The minimum absolute atomic E-state index is 0.556. The van der Waals surface area contributed by atoms with Gasteiger partial charge in [0.1, 0.15) is 0 Å². The van der Waals surface area contributed by atoms with E-state index in [0.717, 1.165) is 22.9 Å². The van der Waals surface area contributed by atoms with Crippen molar-refractivity contribution in [3.63, 3.8) is 0 Å². The highest BCUT2D eigenvalue weighted by molar-refractivity contribution is 6.34. The van der Waals surface area contributed by atoms with Gasteiger partial charge in [-0.05, 0) is 24.8 Å². The zero-order valence-electron chi connectivity index (χ0n) is 5.90. The predicted octanol–water partition coefficient (Wildman–Crippen LogP) is 3.66. The number of hydrogen-bond acceptors (Lipinski definition) is 0. The maximum absolute atomic E-state index is 5.82. The van der Waals surface area contributed by atoms with Crippen molar-refractivity contribution in [3.05, 3.63) is 22.2 Å². The van der Waals surface area contributed by atoms with Crippen LogP contribution in [-0.2, 0) is 0 Å². The van der Waals surface area contributed by atoms with Crippen LogP contribution in [0.3, 0.4) is 0 Å². The molecule has 10 heavy (non-hydrogen) atoms. The van der Waals surface area contributed by atoms with Crippen molar-refractivity contribution < 1.29 is 0 Å². The summed E-state index contributed by atoms with van der Waals surface area (Å²) in [5, 5.41) is 1.64. The van der Waals surface area contributed by atoms with E-state index in [4.69, 9.17) is 23.2 Å². The maximum Gasteiger partial charge on any atom is 0.0380 e. The Morgan fingerprint density at radius 1 is 1.50 bits per heavy atom. The Labute approximate surface area is 71.5 Å². The lowest BCUT2D eigenvalue weighted by Crippen LogP contribution is -1.86. The third-order valence-electron chi connectivity index (χ3n) is 1.58. The molecule has 1 aliphatic rings. The van der Waals surface area contributed by atoms with Crippen LogP contribution in [0, 0.1) is 5.92 Å². The normalized spacial score (nSPS) is 26.9. The first-order valence-electron chi connectivity index (χ1n) is 3.42. The monoisotopic (exact) mass is 176 g/mol. The van der Waals surface area contributed by atoms with Crippen LogP contribution in [0.4, 0.5) is 0 Å². The van der Waals surface area contributed by atoms with Crippen LogP contribution in [-0.4, -0.2) is 0 Å². The van der Waals surface area contributed by atoms with Gasteiger partial charge in [0.2, 0.25) is 0 Å². The van der Waals surface area contributed by atoms with Gasteiger partial charge in [0.05, 0.1) is 0 Å². The van der Waals surface area contributed by atoms with Gasteiger partial charge in [0.25, 0.3) is 0 Å². The Balaban J connectivity index is 2.72. The second-order valence-electron chi connectivity index (χ2n) is 2.66. The molecule has 0 saturated heterocycles. The second-order valence-corrected chi connectivity index (χ2v) is 3.58. The molecule has 1 unspecified atom stereocenters. The summed E-state index contributed by atoms with van der Waals surface area (Å²) in [6, 6.07) is 0. The summed E-state index contributed by atoms with van der Waals surface area (Å²) in [6.45, 7) is 2.14. The van der Waals surface area contributed by atoms with E-state index in [-0.39, 0.29) is 0 Å². The van der Waals surface area contributed by atoms with E-state index in [1.807, 2.05) is 12.2 Å². The van der Waals surface area contributed by atoms with Gasteiger partial charge < -0.3 is 0 Å². The maximum atomic E-state index is 5.82. The van der Waals surface area contributed by atoms with Crippen LogP contribution in [0.5, 0.6) is 0 Å². The Morgan fingerprint density at radius 2 is 2.20 bits per heavy atom. The van der Waals surface area contributed by atoms with Gasteiger partial charge in [0.15, 0.2) is 0 Å². The Bertz CT molecular complexity index is 180. The molecule has 56 valence electrons. The fourth-order valence-electron chi connectivity index (χ4n) is 0.991. The number of halogens is 2. The van der Waals surface area contributed by atoms with E-state index in [0.29, 0.717) is 5.92 Å². The SMILES string of the molecule is CC1C=C(Cl)C=C(Cl)CC1. The molecule has 0 fully saturated rings. The first-order valence-corrected chi connectivity index (χ1v) is 4.17. The summed E-state index contributed by atoms with van der Waals surface area (Å²) in [4.78, 5) is 0. The smallest absolute Gasteiger partial charge is 0.0380 e. The van der Waals surface area contributed by atoms with E-state index in [1.54, 1.807) is 0 Å². The largest absolute Gasteiger partial charge is 0.0891 e. The number of allylic oxidation sites excluding steroid dienone is 4. The Hall–Kier alpha value is 0.0600. The van der Waals surface area contributed by atoms with Crippen molar-refractivity contribution in [1.29, 1.82) is 0 Å². The summed E-state index contributed by atoms with van der Waals surface area (Å²) >= 11 is 11.6. The van der Waals surface area contributed by atoms with Gasteiger partial charge in [-0.15, -0.1) is 0 Å². The summed E-state index contributed by atoms with van der Waals surface area (Å²) in [5.41, 5.74) is 0. The first kappa shape index (κ1) is 8.16. The first-order chi connectivity index (χ1) is 4.68. The minimum atomic E-state index is 0.556. The molecule has 1 rings (SSSR count).